The van der Waals surface area contributed by atoms with Crippen LogP contribution in [-0.2, 0) is 20.1 Å². The molecule has 0 unspecified atom stereocenters. The van der Waals surface area contributed by atoms with Crippen LogP contribution >= 0.6 is 11.3 Å². The van der Waals surface area contributed by atoms with Crippen molar-refractivity contribution < 1.29 is 4.79 Å². The lowest BCUT2D eigenvalue weighted by molar-refractivity contribution is 0.0957. The zero-order valence-electron chi connectivity index (χ0n) is 11.0. The Bertz CT molecular complexity index is 562. The van der Waals surface area contributed by atoms with Crippen molar-refractivity contribution in [3.8, 4) is 0 Å². The number of rotatable bonds is 5. The van der Waals surface area contributed by atoms with Crippen molar-refractivity contribution in [2.45, 2.75) is 13.1 Å². The van der Waals surface area contributed by atoms with Crippen LogP contribution in [0.15, 0.2) is 24.5 Å². The number of amides is 1. The van der Waals surface area contributed by atoms with Crippen LogP contribution in [-0.4, -0.2) is 27.4 Å². The average Bonchev–Trinajstić information content (AvgIpc) is 2.99. The molecule has 7 heteroatoms. The zero-order valence-corrected chi connectivity index (χ0v) is 11.8. The molecule has 0 saturated heterocycles. The first-order valence-corrected chi connectivity index (χ1v) is 6.66. The van der Waals surface area contributed by atoms with Crippen molar-refractivity contribution in [2.75, 3.05) is 7.05 Å². The van der Waals surface area contributed by atoms with E-state index in [2.05, 4.69) is 15.3 Å². The molecule has 2 rings (SSSR count). The molecule has 0 atom stereocenters. The van der Waals surface area contributed by atoms with Crippen LogP contribution in [0, 0.1) is 0 Å². The summed E-state index contributed by atoms with van der Waals surface area (Å²) in [6, 6.07) is 3.74. The summed E-state index contributed by atoms with van der Waals surface area (Å²) >= 11 is 1.45. The van der Waals surface area contributed by atoms with Crippen molar-refractivity contribution in [1.82, 2.24) is 19.9 Å². The molecule has 0 spiro atoms. The molecule has 3 N–H and O–H groups in total. The third-order valence-electron chi connectivity index (χ3n) is 2.77. The number of carbonyl (C=O) groups excluding carboxylic acids is 1. The summed E-state index contributed by atoms with van der Waals surface area (Å²) in [6.45, 7) is 1.54. The molecule has 2 aromatic rings. The van der Waals surface area contributed by atoms with Gasteiger partial charge in [0.1, 0.15) is 5.82 Å². The van der Waals surface area contributed by atoms with Crippen LogP contribution in [0.1, 0.15) is 20.4 Å². The summed E-state index contributed by atoms with van der Waals surface area (Å²) in [4.78, 5) is 19.5. The highest BCUT2D eigenvalue weighted by Crippen LogP contribution is 2.18. The van der Waals surface area contributed by atoms with Gasteiger partial charge in [-0.05, 0) is 19.2 Å². The SMILES string of the molecule is CN(Cc1ccc(C(=O)NN)s1)Cc1nccn1C. The first-order chi connectivity index (χ1) is 9.10. The van der Waals surface area contributed by atoms with E-state index in [4.69, 9.17) is 5.84 Å². The Labute approximate surface area is 115 Å². The molecular formula is C12H17N5OS. The Hall–Kier alpha value is -1.70. The summed E-state index contributed by atoms with van der Waals surface area (Å²) in [5.74, 6) is 5.87. The number of nitrogen functional groups attached to an aromatic ring is 1. The van der Waals surface area contributed by atoms with Gasteiger partial charge in [-0.2, -0.15) is 0 Å². The maximum absolute atomic E-state index is 11.4. The first-order valence-electron chi connectivity index (χ1n) is 5.84. The monoisotopic (exact) mass is 279 g/mol. The molecule has 0 aliphatic heterocycles. The third-order valence-corrected chi connectivity index (χ3v) is 3.84. The van der Waals surface area contributed by atoms with Crippen molar-refractivity contribution in [1.29, 1.82) is 0 Å². The van der Waals surface area contributed by atoms with Crippen LogP contribution in [0.3, 0.4) is 0 Å². The number of nitrogens with one attached hydrogen (secondary N) is 1. The Morgan fingerprint density at radius 2 is 2.32 bits per heavy atom. The van der Waals surface area contributed by atoms with Gasteiger partial charge in [-0.15, -0.1) is 11.3 Å². The molecule has 2 aromatic heterocycles. The molecule has 0 aromatic carbocycles. The van der Waals surface area contributed by atoms with Crippen LogP contribution < -0.4 is 11.3 Å². The van der Waals surface area contributed by atoms with Gasteiger partial charge >= 0.3 is 0 Å². The Morgan fingerprint density at radius 1 is 1.53 bits per heavy atom. The van der Waals surface area contributed by atoms with Gasteiger partial charge in [-0.3, -0.25) is 15.1 Å². The minimum Gasteiger partial charge on any atom is -0.337 e. The topological polar surface area (TPSA) is 76.2 Å². The molecule has 6 nitrogen and oxygen atoms in total. The van der Waals surface area contributed by atoms with Crippen LogP contribution in [0.2, 0.25) is 0 Å². The van der Waals surface area contributed by atoms with E-state index in [0.29, 0.717) is 4.88 Å². The second-order valence-electron chi connectivity index (χ2n) is 4.37. The number of hydrazine groups is 1. The van der Waals surface area contributed by atoms with Crippen molar-refractivity contribution >= 4 is 17.2 Å². The zero-order chi connectivity index (χ0) is 13.8. The maximum atomic E-state index is 11.4. The fraction of sp³-hybridized carbons (Fsp3) is 0.333. The molecule has 19 heavy (non-hydrogen) atoms. The number of imidazole rings is 1. The summed E-state index contributed by atoms with van der Waals surface area (Å²) in [5.41, 5.74) is 2.14. The molecule has 0 saturated carbocycles. The number of carbonyl (C=O) groups is 1. The highest BCUT2D eigenvalue weighted by atomic mass is 32.1. The van der Waals surface area contributed by atoms with Gasteiger partial charge in [0.05, 0.1) is 11.4 Å². The van der Waals surface area contributed by atoms with E-state index >= 15 is 0 Å². The fourth-order valence-corrected chi connectivity index (χ4v) is 2.76. The number of aryl methyl sites for hydroxylation is 1. The second-order valence-corrected chi connectivity index (χ2v) is 5.53. The summed E-state index contributed by atoms with van der Waals surface area (Å²) in [5, 5.41) is 0. The van der Waals surface area contributed by atoms with Gasteiger partial charge in [0.25, 0.3) is 5.91 Å². The van der Waals surface area contributed by atoms with Crippen LogP contribution in [0.5, 0.6) is 0 Å². The minimum atomic E-state index is -0.247. The van der Waals surface area contributed by atoms with Crippen molar-refractivity contribution in [3.63, 3.8) is 0 Å². The van der Waals surface area contributed by atoms with E-state index in [1.165, 1.54) is 11.3 Å². The summed E-state index contributed by atoms with van der Waals surface area (Å²) in [7, 11) is 4.00. The van der Waals surface area contributed by atoms with Gasteiger partial charge in [-0.25, -0.2) is 10.8 Å². The predicted octanol–water partition coefficient (Wildman–Crippen LogP) is 0.717. The number of hydrogen-bond donors (Lipinski definition) is 2. The van der Waals surface area contributed by atoms with Crippen molar-refractivity contribution in [3.05, 3.63) is 40.1 Å². The highest BCUT2D eigenvalue weighted by molar-refractivity contribution is 7.14. The largest absolute Gasteiger partial charge is 0.337 e. The first kappa shape index (κ1) is 13.7. The van der Waals surface area contributed by atoms with Crippen LogP contribution in [0.25, 0.3) is 0 Å². The molecular weight excluding hydrogens is 262 g/mol. The van der Waals surface area contributed by atoms with Crippen LogP contribution in [0.4, 0.5) is 0 Å². The van der Waals surface area contributed by atoms with Gasteiger partial charge in [-0.1, -0.05) is 0 Å². The molecule has 0 aliphatic carbocycles. The summed E-state index contributed by atoms with van der Waals surface area (Å²) in [6.07, 6.45) is 3.72. The predicted molar refractivity (Wildman–Crippen MR) is 74.4 cm³/mol. The number of nitrogens with zero attached hydrogens (tertiary/aromatic N) is 3. The molecule has 0 radical (unpaired) electrons. The number of thiophene rings is 1. The highest BCUT2D eigenvalue weighted by Gasteiger charge is 2.10. The Balaban J connectivity index is 1.95. The lowest BCUT2D eigenvalue weighted by Crippen LogP contribution is -2.29. The number of aromatic nitrogens is 2. The quantitative estimate of drug-likeness (QED) is 0.480. The Kier molecular flexibility index (Phi) is 4.31. The average molecular weight is 279 g/mol. The minimum absolute atomic E-state index is 0.247. The lowest BCUT2D eigenvalue weighted by atomic mass is 10.4. The Morgan fingerprint density at radius 3 is 2.95 bits per heavy atom. The van der Waals surface area contributed by atoms with E-state index in [1.807, 2.05) is 30.9 Å². The molecule has 1 amide bonds. The van der Waals surface area contributed by atoms with Gasteiger partial charge in [0.2, 0.25) is 0 Å². The lowest BCUT2D eigenvalue weighted by Gasteiger charge is -2.15. The van der Waals surface area contributed by atoms with Gasteiger partial charge in [0, 0.05) is 30.9 Å². The van der Waals surface area contributed by atoms with E-state index in [0.717, 1.165) is 23.8 Å². The fourth-order valence-electron chi connectivity index (χ4n) is 1.77. The van der Waals surface area contributed by atoms with Crippen molar-refractivity contribution in [2.24, 2.45) is 12.9 Å². The van der Waals surface area contributed by atoms with E-state index in [1.54, 1.807) is 12.3 Å². The number of hydrogen-bond acceptors (Lipinski definition) is 5. The molecule has 2 heterocycles. The number of nitrogens with two attached hydrogens (primary N) is 1. The van der Waals surface area contributed by atoms with E-state index in [9.17, 15) is 4.79 Å². The van der Waals surface area contributed by atoms with E-state index < -0.39 is 0 Å². The smallest absolute Gasteiger partial charge is 0.275 e. The molecule has 102 valence electrons. The summed E-state index contributed by atoms with van der Waals surface area (Å²) < 4.78 is 2.00. The molecule has 0 aliphatic rings. The van der Waals surface area contributed by atoms with E-state index in [-0.39, 0.29) is 5.91 Å². The standard InChI is InChI=1S/C12H17N5OS/c1-16(8-11-14-5-6-17(11)2)7-9-3-4-10(19-9)12(18)15-13/h3-6H,7-8,13H2,1-2H3,(H,15,18). The second kappa shape index (κ2) is 5.96. The molecule has 0 fully saturated rings. The van der Waals surface area contributed by atoms with Gasteiger partial charge in [0.15, 0.2) is 0 Å². The third kappa shape index (κ3) is 3.40. The maximum Gasteiger partial charge on any atom is 0.275 e. The normalized spacial score (nSPS) is 10.9. The molecule has 0 bridgehead atoms. The van der Waals surface area contributed by atoms with Gasteiger partial charge < -0.3 is 4.57 Å².